The first-order valence-corrected chi connectivity index (χ1v) is 0. The van der Waals surface area contributed by atoms with Gasteiger partial charge in [0.05, 0.1) is 0 Å². The largest absolute Gasteiger partial charge is 4.00 e. The molecular formula is H4O4Th3. The van der Waals surface area contributed by atoms with Crippen molar-refractivity contribution >= 4 is 0 Å². The second kappa shape index (κ2) is 52.4. The van der Waals surface area contributed by atoms with Crippen molar-refractivity contribution in [1.82, 2.24) is 0 Å². The molecule has 0 aromatic heterocycles. The fraction of sp³-hybridized carbons (Fsp3) is 0. The summed E-state index contributed by atoms with van der Waals surface area (Å²) >= 11 is 0. The zero-order valence-corrected chi connectivity index (χ0v) is 15.5. The van der Waals surface area contributed by atoms with Crippen molar-refractivity contribution < 1.29 is 147 Å². The second-order valence-electron chi connectivity index (χ2n) is 0. The molecule has 0 amide bonds. The number of hydrogen-bond acceptors (Lipinski definition) is 0. The molecule has 0 aliphatic rings. The third-order valence-corrected chi connectivity index (χ3v) is 0. The number of rotatable bonds is 0. The quantitative estimate of drug-likeness (QED) is 0.331. The van der Waals surface area contributed by atoms with Crippen LogP contribution in [0.2, 0.25) is 0 Å². The summed E-state index contributed by atoms with van der Waals surface area (Å²) in [5, 5.41) is 0. The molecule has 0 unspecified atom stereocenters. The SMILES string of the molecule is [H-].[H-].[H-].[H-].[O-2].[O-2].[O-2].[O-2].[Th+4].[Th+4].[Th+4]. The van der Waals surface area contributed by atoms with Crippen LogP contribution in [0.5, 0.6) is 0 Å². The Kier molecular flexibility index (Phi) is 536. The van der Waals surface area contributed by atoms with Crippen LogP contribution in [-0.4, -0.2) is 0 Å². The Bertz CT molecular complexity index is 17.3. The van der Waals surface area contributed by atoms with Crippen molar-refractivity contribution in [3.8, 4) is 0 Å². The standard InChI is InChI=1S/4O.3Th.4H/q4*-2;3*+4;4*-1. The molecule has 0 aliphatic heterocycles. The van der Waals surface area contributed by atoms with Gasteiger partial charge in [0.15, 0.2) is 0 Å². The molecule has 7 heavy (non-hydrogen) atoms. The van der Waals surface area contributed by atoms with Gasteiger partial charge in [0, 0.05) is 0 Å². The first-order valence-electron chi connectivity index (χ1n) is 0. The van der Waals surface area contributed by atoms with Crippen molar-refractivity contribution in [2.24, 2.45) is 0 Å². The Balaban J connectivity index is 0. The Labute approximate surface area is 144 Å². The molecule has 0 aromatic rings. The molecule has 0 heterocycles. The maximum atomic E-state index is 0. The fourth-order valence-electron chi connectivity index (χ4n) is 0. The molecular weight excluding hydrogens is 760 g/mol. The van der Waals surface area contributed by atoms with E-state index in [2.05, 4.69) is 0 Å². The van der Waals surface area contributed by atoms with Crippen LogP contribution >= 0.6 is 0 Å². The normalized spacial score (nSPS) is 0. The predicted octanol–water partition coefficient (Wildman–Crippen LogP) is -0.0252. The van der Waals surface area contributed by atoms with Crippen LogP contribution in [-0.2, 0) is 21.9 Å². The minimum absolute atomic E-state index is 0. The Morgan fingerprint density at radius 1 is 0.429 bits per heavy atom. The van der Waals surface area contributed by atoms with Crippen molar-refractivity contribution in [3.05, 3.63) is 0 Å². The third kappa shape index (κ3) is 41.2. The second-order valence-corrected chi connectivity index (χ2v) is 0. The van der Waals surface area contributed by atoms with Gasteiger partial charge in [0.25, 0.3) is 0 Å². The Morgan fingerprint density at radius 3 is 0.429 bits per heavy atom. The summed E-state index contributed by atoms with van der Waals surface area (Å²) in [5.41, 5.74) is 0. The average molecular weight is 764 g/mol. The summed E-state index contributed by atoms with van der Waals surface area (Å²) in [4.78, 5) is 0. The Hall–Kier alpha value is 3.81. The van der Waals surface area contributed by atoms with E-state index in [0.717, 1.165) is 0 Å². The van der Waals surface area contributed by atoms with Crippen molar-refractivity contribution in [2.75, 3.05) is 0 Å². The molecule has 0 atom stereocenters. The van der Waals surface area contributed by atoms with Gasteiger partial charge in [-0.1, -0.05) is 0 Å². The van der Waals surface area contributed by atoms with Crippen LogP contribution in [0.25, 0.3) is 0 Å². The smallest absolute Gasteiger partial charge is 2.00 e. The summed E-state index contributed by atoms with van der Waals surface area (Å²) in [6.45, 7) is 0. The van der Waals surface area contributed by atoms with Gasteiger partial charge in [0.1, 0.15) is 0 Å². The summed E-state index contributed by atoms with van der Waals surface area (Å²) < 4.78 is 0. The van der Waals surface area contributed by atoms with Gasteiger partial charge in [-0.15, -0.1) is 0 Å². The monoisotopic (exact) mass is 764 g/mol. The van der Waals surface area contributed by atoms with Gasteiger partial charge in [-0.25, -0.2) is 0 Å². The molecule has 0 spiro atoms. The zero-order valence-electron chi connectivity index (χ0n) is 7.13. The van der Waals surface area contributed by atoms with Gasteiger partial charge >= 0.3 is 120 Å². The molecule has 40 valence electrons. The molecule has 0 aromatic carbocycles. The minimum atomic E-state index is 0. The fourth-order valence-corrected chi connectivity index (χ4v) is 0. The molecule has 0 N–H and O–H groups in total. The molecule has 7 heteroatoms. The molecule has 0 fully saturated rings. The van der Waals surface area contributed by atoms with Gasteiger partial charge in [0.2, 0.25) is 0 Å². The van der Waals surface area contributed by atoms with Gasteiger partial charge in [-0.05, 0) is 0 Å². The van der Waals surface area contributed by atoms with E-state index in [1.807, 2.05) is 0 Å². The molecule has 0 saturated heterocycles. The first kappa shape index (κ1) is 71.6. The summed E-state index contributed by atoms with van der Waals surface area (Å²) in [6.07, 6.45) is 0. The number of hydrogen-bond donors (Lipinski definition) is 0. The van der Waals surface area contributed by atoms with Crippen LogP contribution in [0.4, 0.5) is 0 Å². The van der Waals surface area contributed by atoms with Gasteiger partial charge < -0.3 is 27.6 Å². The van der Waals surface area contributed by atoms with E-state index in [4.69, 9.17) is 0 Å². The van der Waals surface area contributed by atoms with Gasteiger partial charge in [-0.2, -0.15) is 0 Å². The molecule has 0 saturated carbocycles. The van der Waals surface area contributed by atoms with E-state index >= 15 is 0 Å². The topological polar surface area (TPSA) is 114 Å². The van der Waals surface area contributed by atoms with E-state index in [0.29, 0.717) is 0 Å². The van der Waals surface area contributed by atoms with Crippen LogP contribution < -0.4 is 0 Å². The molecule has 0 rings (SSSR count). The van der Waals surface area contributed by atoms with Crippen LogP contribution in [0.1, 0.15) is 5.71 Å². The van der Waals surface area contributed by atoms with E-state index in [-0.39, 0.29) is 147 Å². The average Bonchev–Trinajstić information content (AvgIpc) is 0. The van der Waals surface area contributed by atoms with Crippen LogP contribution in [0.15, 0.2) is 0 Å². The molecule has 0 aliphatic carbocycles. The van der Waals surface area contributed by atoms with Crippen molar-refractivity contribution in [3.63, 3.8) is 0 Å². The molecule has 0 radical (unpaired) electrons. The van der Waals surface area contributed by atoms with Crippen LogP contribution in [0, 0.1) is 120 Å². The third-order valence-electron chi connectivity index (χ3n) is 0. The van der Waals surface area contributed by atoms with Crippen molar-refractivity contribution in [1.29, 1.82) is 0 Å². The van der Waals surface area contributed by atoms with Crippen molar-refractivity contribution in [2.45, 2.75) is 0 Å². The molecule has 4 nitrogen and oxygen atoms in total. The maximum Gasteiger partial charge on any atom is 4.00 e. The first-order chi connectivity index (χ1) is 0. The summed E-state index contributed by atoms with van der Waals surface area (Å²) in [7, 11) is 0. The van der Waals surface area contributed by atoms with E-state index in [1.165, 1.54) is 0 Å². The Morgan fingerprint density at radius 2 is 0.429 bits per heavy atom. The van der Waals surface area contributed by atoms with E-state index < -0.39 is 0 Å². The van der Waals surface area contributed by atoms with E-state index in [1.54, 1.807) is 0 Å². The minimum Gasteiger partial charge on any atom is -2.00 e. The van der Waals surface area contributed by atoms with Crippen LogP contribution in [0.3, 0.4) is 0 Å². The zero-order chi connectivity index (χ0) is 0. The summed E-state index contributed by atoms with van der Waals surface area (Å²) in [6, 6.07) is 0. The van der Waals surface area contributed by atoms with Gasteiger partial charge in [-0.3, -0.25) is 0 Å². The summed E-state index contributed by atoms with van der Waals surface area (Å²) in [5.74, 6) is 0. The maximum absolute atomic E-state index is 0. The predicted molar refractivity (Wildman–Crippen MR) is 7.19 cm³/mol. The van der Waals surface area contributed by atoms with E-state index in [9.17, 15) is 0 Å². The molecule has 0 bridgehead atoms.